The number of aliphatic hydroxyl groups is 1. The summed E-state index contributed by atoms with van der Waals surface area (Å²) in [5.74, 6) is -0.511. The quantitative estimate of drug-likeness (QED) is 0.783. The molecule has 88 valence electrons. The van der Waals surface area contributed by atoms with Crippen LogP contribution in [0.1, 0.15) is 12.8 Å². The summed E-state index contributed by atoms with van der Waals surface area (Å²) in [6, 6.07) is 2.81. The molecule has 1 unspecified atom stereocenters. The highest BCUT2D eigenvalue weighted by Crippen LogP contribution is 2.33. The number of nitrogens with zero attached hydrogens (tertiary/aromatic N) is 1. The summed E-state index contributed by atoms with van der Waals surface area (Å²) in [6.45, 7) is 0.895. The van der Waals surface area contributed by atoms with Gasteiger partial charge in [0.05, 0.1) is 29.0 Å². The van der Waals surface area contributed by atoms with Crippen molar-refractivity contribution in [1.82, 2.24) is 0 Å². The van der Waals surface area contributed by atoms with Crippen molar-refractivity contribution in [2.75, 3.05) is 23.8 Å². The van der Waals surface area contributed by atoms with Crippen LogP contribution < -0.4 is 10.6 Å². The topological polar surface area (TPSA) is 49.5 Å². The molecule has 0 aliphatic carbocycles. The predicted molar refractivity (Wildman–Crippen MR) is 63.3 cm³/mol. The molecule has 2 rings (SSSR count). The van der Waals surface area contributed by atoms with Crippen LogP contribution in [0.15, 0.2) is 12.1 Å². The van der Waals surface area contributed by atoms with Crippen LogP contribution in [0.4, 0.5) is 15.8 Å². The van der Waals surface area contributed by atoms with E-state index >= 15 is 0 Å². The van der Waals surface area contributed by atoms with Crippen LogP contribution in [0, 0.1) is 5.82 Å². The first-order chi connectivity index (χ1) is 7.63. The van der Waals surface area contributed by atoms with Gasteiger partial charge in [-0.25, -0.2) is 4.39 Å². The number of rotatable bonds is 2. The van der Waals surface area contributed by atoms with Gasteiger partial charge in [-0.2, -0.15) is 0 Å². The molecule has 0 spiro atoms. The number of nitrogen functional groups attached to an aromatic ring is 1. The van der Waals surface area contributed by atoms with Crippen molar-refractivity contribution in [2.45, 2.75) is 18.9 Å². The maximum atomic E-state index is 13.1. The van der Waals surface area contributed by atoms with Crippen molar-refractivity contribution in [3.63, 3.8) is 0 Å². The second-order valence-electron chi connectivity index (χ2n) is 4.00. The number of benzene rings is 1. The third-order valence-electron chi connectivity index (χ3n) is 2.97. The molecule has 1 heterocycles. The molecule has 0 bridgehead atoms. The summed E-state index contributed by atoms with van der Waals surface area (Å²) < 4.78 is 13.1. The molecule has 3 nitrogen and oxygen atoms in total. The second kappa shape index (κ2) is 4.47. The fraction of sp³-hybridized carbons (Fsp3) is 0.455. The van der Waals surface area contributed by atoms with Gasteiger partial charge in [0, 0.05) is 12.6 Å². The molecule has 5 heteroatoms. The largest absolute Gasteiger partial charge is 0.397 e. The van der Waals surface area contributed by atoms with Crippen molar-refractivity contribution >= 4 is 23.0 Å². The molecule has 1 aliphatic heterocycles. The number of nitrogens with two attached hydrogens (primary N) is 1. The maximum absolute atomic E-state index is 13.1. The van der Waals surface area contributed by atoms with Gasteiger partial charge < -0.3 is 15.7 Å². The van der Waals surface area contributed by atoms with Crippen molar-refractivity contribution in [3.05, 3.63) is 23.0 Å². The SMILES string of the molecule is Nc1cc(F)c(Cl)cc1N1CCCC1CO. The monoisotopic (exact) mass is 244 g/mol. The van der Waals surface area contributed by atoms with Gasteiger partial charge in [-0.15, -0.1) is 0 Å². The number of hydrogen-bond donors (Lipinski definition) is 2. The van der Waals surface area contributed by atoms with Crippen LogP contribution in [0.5, 0.6) is 0 Å². The molecule has 0 aromatic heterocycles. The van der Waals surface area contributed by atoms with E-state index in [4.69, 9.17) is 17.3 Å². The highest BCUT2D eigenvalue weighted by Gasteiger charge is 2.25. The van der Waals surface area contributed by atoms with E-state index in [-0.39, 0.29) is 17.7 Å². The Morgan fingerprint density at radius 3 is 3.00 bits per heavy atom. The Balaban J connectivity index is 2.36. The lowest BCUT2D eigenvalue weighted by molar-refractivity contribution is 0.266. The predicted octanol–water partition coefficient (Wildman–Crippen LogP) is 2.02. The summed E-state index contributed by atoms with van der Waals surface area (Å²) in [6.07, 6.45) is 1.92. The van der Waals surface area contributed by atoms with Gasteiger partial charge in [-0.3, -0.25) is 0 Å². The highest BCUT2D eigenvalue weighted by molar-refractivity contribution is 6.31. The molecule has 1 aromatic rings. The van der Waals surface area contributed by atoms with Crippen molar-refractivity contribution in [2.24, 2.45) is 0 Å². The zero-order valence-corrected chi connectivity index (χ0v) is 9.54. The summed E-state index contributed by atoms with van der Waals surface area (Å²) in [7, 11) is 0. The third kappa shape index (κ3) is 1.95. The minimum absolute atomic E-state index is 0.0591. The van der Waals surface area contributed by atoms with Gasteiger partial charge in [0.2, 0.25) is 0 Å². The van der Waals surface area contributed by atoms with Crippen LogP contribution in [-0.4, -0.2) is 24.3 Å². The number of halogens is 2. The van der Waals surface area contributed by atoms with Crippen LogP contribution in [0.2, 0.25) is 5.02 Å². The molecule has 1 atom stereocenters. The van der Waals surface area contributed by atoms with Gasteiger partial charge in [-0.1, -0.05) is 11.6 Å². The van der Waals surface area contributed by atoms with Crippen LogP contribution in [0.25, 0.3) is 0 Å². The first-order valence-electron chi connectivity index (χ1n) is 5.25. The Morgan fingerprint density at radius 1 is 1.56 bits per heavy atom. The van der Waals surface area contributed by atoms with Crippen molar-refractivity contribution in [1.29, 1.82) is 0 Å². The molecule has 1 aromatic carbocycles. The van der Waals surface area contributed by atoms with Gasteiger partial charge in [0.25, 0.3) is 0 Å². The molecule has 1 fully saturated rings. The second-order valence-corrected chi connectivity index (χ2v) is 4.40. The normalized spacial score (nSPS) is 20.4. The van der Waals surface area contributed by atoms with Gasteiger partial charge in [-0.05, 0) is 18.9 Å². The smallest absolute Gasteiger partial charge is 0.143 e. The van der Waals surface area contributed by atoms with E-state index in [0.717, 1.165) is 19.4 Å². The van der Waals surface area contributed by atoms with E-state index in [9.17, 15) is 9.50 Å². The van der Waals surface area contributed by atoms with Crippen LogP contribution in [-0.2, 0) is 0 Å². The van der Waals surface area contributed by atoms with Crippen LogP contribution in [0.3, 0.4) is 0 Å². The molecule has 1 saturated heterocycles. The zero-order chi connectivity index (χ0) is 11.7. The Kier molecular flexibility index (Phi) is 3.21. The van der Waals surface area contributed by atoms with Crippen LogP contribution >= 0.6 is 11.6 Å². The Bertz CT molecular complexity index is 400. The third-order valence-corrected chi connectivity index (χ3v) is 3.26. The minimum atomic E-state index is -0.511. The Hall–Kier alpha value is -1.00. The minimum Gasteiger partial charge on any atom is -0.397 e. The summed E-state index contributed by atoms with van der Waals surface area (Å²) in [5.41, 5.74) is 6.84. The van der Waals surface area contributed by atoms with E-state index in [0.29, 0.717) is 11.4 Å². The number of hydrogen-bond acceptors (Lipinski definition) is 3. The molecule has 1 aliphatic rings. The number of anilines is 2. The van der Waals surface area contributed by atoms with Gasteiger partial charge >= 0.3 is 0 Å². The summed E-state index contributed by atoms with van der Waals surface area (Å²) in [5, 5.41) is 9.29. The molecular weight excluding hydrogens is 231 g/mol. The Morgan fingerprint density at radius 2 is 2.31 bits per heavy atom. The van der Waals surface area contributed by atoms with E-state index in [2.05, 4.69) is 0 Å². The fourth-order valence-electron chi connectivity index (χ4n) is 2.14. The lowest BCUT2D eigenvalue weighted by Crippen LogP contribution is -2.32. The molecule has 3 N–H and O–H groups in total. The standard InChI is InChI=1S/C11H14ClFN2O/c12-8-4-11(10(14)5-9(8)13)15-3-1-2-7(15)6-16/h4-5,7,16H,1-3,6,14H2. The lowest BCUT2D eigenvalue weighted by Gasteiger charge is -2.26. The van der Waals surface area contributed by atoms with Crippen molar-refractivity contribution < 1.29 is 9.50 Å². The highest BCUT2D eigenvalue weighted by atomic mass is 35.5. The van der Waals surface area contributed by atoms with E-state index in [1.165, 1.54) is 12.1 Å². The maximum Gasteiger partial charge on any atom is 0.143 e. The Labute approximate surface area is 98.6 Å². The summed E-state index contributed by atoms with van der Waals surface area (Å²) in [4.78, 5) is 1.99. The van der Waals surface area contributed by atoms with E-state index in [1.54, 1.807) is 0 Å². The van der Waals surface area contributed by atoms with Gasteiger partial charge in [0.1, 0.15) is 5.82 Å². The van der Waals surface area contributed by atoms with E-state index in [1.807, 2.05) is 4.90 Å². The first-order valence-corrected chi connectivity index (χ1v) is 5.63. The molecule has 0 saturated carbocycles. The molecule has 0 radical (unpaired) electrons. The number of aliphatic hydroxyl groups excluding tert-OH is 1. The average Bonchev–Trinajstić information content (AvgIpc) is 2.71. The molecule has 0 amide bonds. The van der Waals surface area contributed by atoms with Gasteiger partial charge in [0.15, 0.2) is 0 Å². The summed E-state index contributed by atoms with van der Waals surface area (Å²) >= 11 is 5.74. The fourth-order valence-corrected chi connectivity index (χ4v) is 2.30. The zero-order valence-electron chi connectivity index (χ0n) is 8.79. The lowest BCUT2D eigenvalue weighted by atomic mass is 10.2. The molecule has 16 heavy (non-hydrogen) atoms. The first kappa shape index (κ1) is 11.5. The average molecular weight is 245 g/mol. The van der Waals surface area contributed by atoms with Crippen molar-refractivity contribution in [3.8, 4) is 0 Å². The molecular formula is C11H14ClFN2O. The van der Waals surface area contributed by atoms with E-state index < -0.39 is 5.82 Å².